The van der Waals surface area contributed by atoms with Crippen molar-refractivity contribution in [2.24, 2.45) is 4.99 Å². The van der Waals surface area contributed by atoms with Crippen molar-refractivity contribution in [1.82, 2.24) is 30.4 Å². The van der Waals surface area contributed by atoms with E-state index in [-0.39, 0.29) is 5.75 Å². The number of guanidine groups is 1. The Labute approximate surface area is 168 Å². The van der Waals surface area contributed by atoms with E-state index in [0.717, 1.165) is 24.4 Å². The summed E-state index contributed by atoms with van der Waals surface area (Å²) in [5.41, 5.74) is 0.774. The highest BCUT2D eigenvalue weighted by atomic mass is 19.1. The molecule has 2 aromatic heterocycles. The molecule has 0 aliphatic rings. The van der Waals surface area contributed by atoms with E-state index in [4.69, 9.17) is 4.74 Å². The third-order valence-electron chi connectivity index (χ3n) is 4.20. The molecular formula is C20H24FN7O. The molecule has 0 unspecified atom stereocenters. The molecule has 0 amide bonds. The van der Waals surface area contributed by atoms with Gasteiger partial charge in [-0.2, -0.15) is 0 Å². The SMILES string of the molecule is CCc1nncn1CCNC(=NC)NCc1ccc(Oc2cccnc2)c(F)c1. The summed E-state index contributed by atoms with van der Waals surface area (Å²) in [6.07, 6.45) is 5.72. The van der Waals surface area contributed by atoms with Gasteiger partial charge in [-0.3, -0.25) is 9.98 Å². The van der Waals surface area contributed by atoms with Crippen molar-refractivity contribution >= 4 is 5.96 Å². The molecule has 0 aliphatic heterocycles. The maximum absolute atomic E-state index is 14.3. The second-order valence-electron chi connectivity index (χ2n) is 6.20. The Morgan fingerprint density at radius 1 is 1.28 bits per heavy atom. The van der Waals surface area contributed by atoms with Crippen LogP contribution in [0.4, 0.5) is 4.39 Å². The van der Waals surface area contributed by atoms with Crippen molar-refractivity contribution in [1.29, 1.82) is 0 Å². The normalized spacial score (nSPS) is 11.3. The van der Waals surface area contributed by atoms with Gasteiger partial charge in [0.15, 0.2) is 17.5 Å². The van der Waals surface area contributed by atoms with Crippen molar-refractivity contribution in [3.63, 3.8) is 0 Å². The molecule has 0 fully saturated rings. The summed E-state index contributed by atoms with van der Waals surface area (Å²) in [6.45, 7) is 3.86. The number of halogens is 1. The van der Waals surface area contributed by atoms with Gasteiger partial charge in [0.1, 0.15) is 17.9 Å². The number of ether oxygens (including phenoxy) is 1. The van der Waals surface area contributed by atoms with Crippen LogP contribution in [0, 0.1) is 5.82 Å². The Morgan fingerprint density at radius 2 is 2.17 bits per heavy atom. The van der Waals surface area contributed by atoms with E-state index >= 15 is 0 Å². The van der Waals surface area contributed by atoms with Crippen LogP contribution in [0.3, 0.4) is 0 Å². The molecule has 0 saturated heterocycles. The fourth-order valence-electron chi connectivity index (χ4n) is 2.71. The highest BCUT2D eigenvalue weighted by Gasteiger charge is 2.07. The first kappa shape index (κ1) is 20.2. The molecule has 0 atom stereocenters. The molecule has 2 N–H and O–H groups in total. The molecule has 0 aliphatic carbocycles. The molecule has 0 radical (unpaired) electrons. The molecule has 1 aromatic carbocycles. The Kier molecular flexibility index (Phi) is 7.10. The third kappa shape index (κ3) is 5.74. The number of nitrogens with zero attached hydrogens (tertiary/aromatic N) is 5. The predicted molar refractivity (Wildman–Crippen MR) is 108 cm³/mol. The molecule has 3 rings (SSSR count). The zero-order valence-electron chi connectivity index (χ0n) is 16.5. The Balaban J connectivity index is 1.49. The van der Waals surface area contributed by atoms with E-state index in [1.807, 2.05) is 11.5 Å². The topological polar surface area (TPSA) is 89.2 Å². The van der Waals surface area contributed by atoms with Gasteiger partial charge in [-0.25, -0.2) is 4.39 Å². The molecule has 8 nitrogen and oxygen atoms in total. The lowest BCUT2D eigenvalue weighted by molar-refractivity contribution is 0.440. The van der Waals surface area contributed by atoms with Gasteiger partial charge in [-0.05, 0) is 29.8 Å². The van der Waals surface area contributed by atoms with E-state index in [1.54, 1.807) is 43.8 Å². The lowest BCUT2D eigenvalue weighted by atomic mass is 10.2. The smallest absolute Gasteiger partial charge is 0.191 e. The molecule has 0 spiro atoms. The van der Waals surface area contributed by atoms with Crippen LogP contribution in [0.1, 0.15) is 18.3 Å². The quantitative estimate of drug-likeness (QED) is 0.449. The molecule has 2 heterocycles. The minimum absolute atomic E-state index is 0.157. The fraction of sp³-hybridized carbons (Fsp3) is 0.300. The highest BCUT2D eigenvalue weighted by Crippen LogP contribution is 2.24. The Morgan fingerprint density at radius 3 is 2.90 bits per heavy atom. The lowest BCUT2D eigenvalue weighted by Crippen LogP contribution is -2.38. The number of rotatable bonds is 8. The number of hydrogen-bond acceptors (Lipinski definition) is 5. The highest BCUT2D eigenvalue weighted by molar-refractivity contribution is 5.79. The number of aromatic nitrogens is 4. The van der Waals surface area contributed by atoms with Crippen molar-refractivity contribution < 1.29 is 9.13 Å². The fourth-order valence-corrected chi connectivity index (χ4v) is 2.71. The van der Waals surface area contributed by atoms with E-state index in [9.17, 15) is 4.39 Å². The Bertz CT molecular complexity index is 943. The molecule has 29 heavy (non-hydrogen) atoms. The molecule has 152 valence electrons. The van der Waals surface area contributed by atoms with Crippen LogP contribution in [0.2, 0.25) is 0 Å². The average molecular weight is 397 g/mol. The summed E-state index contributed by atoms with van der Waals surface area (Å²) in [5.74, 6) is 1.79. The van der Waals surface area contributed by atoms with Gasteiger partial charge < -0.3 is 19.9 Å². The van der Waals surface area contributed by atoms with Gasteiger partial charge >= 0.3 is 0 Å². The zero-order chi connectivity index (χ0) is 20.5. The van der Waals surface area contributed by atoms with Gasteiger partial charge in [-0.15, -0.1) is 10.2 Å². The van der Waals surface area contributed by atoms with Crippen LogP contribution in [0.5, 0.6) is 11.5 Å². The van der Waals surface area contributed by atoms with Gasteiger partial charge in [0.05, 0.1) is 6.20 Å². The molecule has 0 bridgehead atoms. The summed E-state index contributed by atoms with van der Waals surface area (Å²) in [5, 5.41) is 14.4. The summed E-state index contributed by atoms with van der Waals surface area (Å²) in [4.78, 5) is 8.14. The third-order valence-corrected chi connectivity index (χ3v) is 4.20. The zero-order valence-corrected chi connectivity index (χ0v) is 16.5. The number of benzene rings is 1. The van der Waals surface area contributed by atoms with Gasteiger partial charge in [0, 0.05) is 39.3 Å². The summed E-state index contributed by atoms with van der Waals surface area (Å²) < 4.78 is 21.8. The van der Waals surface area contributed by atoms with Crippen LogP contribution in [-0.4, -0.2) is 39.3 Å². The summed E-state index contributed by atoms with van der Waals surface area (Å²) >= 11 is 0. The minimum atomic E-state index is -0.434. The molecule has 0 saturated carbocycles. The van der Waals surface area contributed by atoms with Gasteiger partial charge in [-0.1, -0.05) is 13.0 Å². The van der Waals surface area contributed by atoms with Crippen LogP contribution in [0.15, 0.2) is 54.0 Å². The summed E-state index contributed by atoms with van der Waals surface area (Å²) in [7, 11) is 1.69. The Hall–Kier alpha value is -3.49. The first-order valence-electron chi connectivity index (χ1n) is 9.37. The van der Waals surface area contributed by atoms with Gasteiger partial charge in [0.25, 0.3) is 0 Å². The maximum Gasteiger partial charge on any atom is 0.191 e. The molecule has 3 aromatic rings. The van der Waals surface area contributed by atoms with Gasteiger partial charge in [0.2, 0.25) is 0 Å². The van der Waals surface area contributed by atoms with E-state index in [0.29, 0.717) is 24.8 Å². The summed E-state index contributed by atoms with van der Waals surface area (Å²) in [6, 6.07) is 8.31. The van der Waals surface area contributed by atoms with E-state index in [2.05, 4.69) is 30.8 Å². The standard InChI is InChI=1S/C20H24FN7O/c1-3-19-27-26-14-28(19)10-9-24-20(22-2)25-12-15-6-7-18(17(21)11-15)29-16-5-4-8-23-13-16/h4-8,11,13-14H,3,9-10,12H2,1-2H3,(H2,22,24,25). The van der Waals surface area contributed by atoms with Crippen LogP contribution in [-0.2, 0) is 19.5 Å². The lowest BCUT2D eigenvalue weighted by Gasteiger charge is -2.13. The number of nitrogens with one attached hydrogen (secondary N) is 2. The van der Waals surface area contributed by atoms with Crippen LogP contribution < -0.4 is 15.4 Å². The van der Waals surface area contributed by atoms with Crippen LogP contribution >= 0.6 is 0 Å². The van der Waals surface area contributed by atoms with Crippen LogP contribution in [0.25, 0.3) is 0 Å². The molecule has 9 heteroatoms. The number of hydrogen-bond donors (Lipinski definition) is 2. The van der Waals surface area contributed by atoms with E-state index < -0.39 is 5.82 Å². The first-order valence-corrected chi connectivity index (χ1v) is 9.37. The first-order chi connectivity index (χ1) is 14.2. The second-order valence-corrected chi connectivity index (χ2v) is 6.20. The maximum atomic E-state index is 14.3. The minimum Gasteiger partial charge on any atom is -0.453 e. The van der Waals surface area contributed by atoms with E-state index in [1.165, 1.54) is 12.3 Å². The van der Waals surface area contributed by atoms with Crippen molar-refractivity contribution in [3.8, 4) is 11.5 Å². The van der Waals surface area contributed by atoms with Crippen molar-refractivity contribution in [3.05, 3.63) is 66.3 Å². The number of aliphatic imine (C=N–C) groups is 1. The van der Waals surface area contributed by atoms with Crippen molar-refractivity contribution in [2.45, 2.75) is 26.4 Å². The predicted octanol–water partition coefficient (Wildman–Crippen LogP) is 2.53. The number of aryl methyl sites for hydroxylation is 1. The largest absolute Gasteiger partial charge is 0.453 e. The second kappa shape index (κ2) is 10.2. The monoisotopic (exact) mass is 397 g/mol. The van der Waals surface area contributed by atoms with Crippen molar-refractivity contribution in [2.75, 3.05) is 13.6 Å². The average Bonchev–Trinajstić information content (AvgIpc) is 3.20. The number of pyridine rings is 1. The molecular weight excluding hydrogens is 373 g/mol.